The van der Waals surface area contributed by atoms with Gasteiger partial charge < -0.3 is 22.1 Å². The van der Waals surface area contributed by atoms with Crippen molar-refractivity contribution in [2.45, 2.75) is 0 Å². The maximum Gasteiger partial charge on any atom is 0.294 e. The van der Waals surface area contributed by atoms with E-state index in [1.807, 2.05) is 0 Å². The minimum Gasteiger partial charge on any atom is -0.360 e. The predicted molar refractivity (Wildman–Crippen MR) is 76.6 cm³/mol. The Labute approximate surface area is 121 Å². The molecular weight excluding hydrogens is 306 g/mol. The second-order valence-corrected chi connectivity index (χ2v) is 5.03. The van der Waals surface area contributed by atoms with Crippen molar-refractivity contribution in [1.29, 1.82) is 0 Å². The normalized spacial score (nSPS) is 9.60. The van der Waals surface area contributed by atoms with Gasteiger partial charge in [0.05, 0.1) is 0 Å². The molecular formula is C9H9N5O4S2. The molecule has 106 valence electrons. The Hall–Kier alpha value is -2.27. The minimum atomic E-state index is -0.857. The van der Waals surface area contributed by atoms with Crippen LogP contribution in [-0.4, -0.2) is 25.9 Å². The van der Waals surface area contributed by atoms with E-state index in [-0.39, 0.29) is 35.2 Å². The summed E-state index contributed by atoms with van der Waals surface area (Å²) < 4.78 is 0. The molecule has 9 nitrogen and oxygen atoms in total. The summed E-state index contributed by atoms with van der Waals surface area (Å²) in [5.74, 6) is 0.205. The number of rotatable bonds is 2. The number of hydrogen-bond acceptors (Lipinski definition) is 7. The number of pyridine rings is 1. The number of primary amides is 2. The Morgan fingerprint density at radius 3 is 1.65 bits per heavy atom. The Morgan fingerprint density at radius 2 is 1.30 bits per heavy atom. The lowest BCUT2D eigenvalue weighted by Gasteiger charge is -2.05. The van der Waals surface area contributed by atoms with Gasteiger partial charge in [-0.3, -0.25) is 19.2 Å². The Balaban J connectivity index is 2.66. The van der Waals surface area contributed by atoms with Gasteiger partial charge in [0.2, 0.25) is 0 Å². The van der Waals surface area contributed by atoms with Crippen LogP contribution in [0.1, 0.15) is 0 Å². The smallest absolute Gasteiger partial charge is 0.294 e. The number of nitrogens with zero attached hydrogens (tertiary/aromatic N) is 1. The van der Waals surface area contributed by atoms with Crippen LogP contribution in [0.15, 0.2) is 18.2 Å². The predicted octanol–water partition coefficient (Wildman–Crippen LogP) is 1.77. The molecule has 0 unspecified atom stereocenters. The van der Waals surface area contributed by atoms with E-state index < -0.39 is 21.0 Å². The molecule has 0 saturated carbocycles. The molecule has 0 aliphatic heterocycles. The number of carbonyl (C=O) groups excluding carboxylic acids is 4. The van der Waals surface area contributed by atoms with Gasteiger partial charge in [0.1, 0.15) is 11.6 Å². The molecule has 0 aliphatic carbocycles. The number of aromatic nitrogens is 1. The van der Waals surface area contributed by atoms with E-state index in [1.165, 1.54) is 18.2 Å². The molecule has 0 spiro atoms. The first-order chi connectivity index (χ1) is 9.36. The van der Waals surface area contributed by atoms with Crippen molar-refractivity contribution in [2.75, 3.05) is 10.6 Å². The number of anilines is 2. The van der Waals surface area contributed by atoms with Crippen LogP contribution in [0.4, 0.5) is 30.8 Å². The van der Waals surface area contributed by atoms with Crippen molar-refractivity contribution >= 4 is 56.1 Å². The topological polar surface area (TPSA) is 157 Å². The summed E-state index contributed by atoms with van der Waals surface area (Å²) >= 11 is 0.547. The second kappa shape index (κ2) is 7.35. The molecule has 0 bridgehead atoms. The Kier molecular flexibility index (Phi) is 5.80. The highest BCUT2D eigenvalue weighted by molar-refractivity contribution is 8.26. The van der Waals surface area contributed by atoms with Crippen LogP contribution in [0.2, 0.25) is 0 Å². The average molecular weight is 315 g/mol. The van der Waals surface area contributed by atoms with Crippen LogP contribution in [0.3, 0.4) is 0 Å². The Bertz CT molecular complexity index is 520. The van der Waals surface area contributed by atoms with E-state index in [9.17, 15) is 19.2 Å². The Morgan fingerprint density at radius 1 is 0.900 bits per heavy atom. The van der Waals surface area contributed by atoms with Crippen molar-refractivity contribution < 1.29 is 19.2 Å². The number of hydrogen-bond donors (Lipinski definition) is 4. The fourth-order valence-corrected chi connectivity index (χ4v) is 1.69. The third-order valence-corrected chi connectivity index (χ3v) is 2.57. The van der Waals surface area contributed by atoms with Gasteiger partial charge in [-0.25, -0.2) is 4.98 Å². The van der Waals surface area contributed by atoms with Crippen molar-refractivity contribution in [3.05, 3.63) is 18.2 Å². The van der Waals surface area contributed by atoms with E-state index >= 15 is 0 Å². The summed E-state index contributed by atoms with van der Waals surface area (Å²) in [6.07, 6.45) is 0. The minimum absolute atomic E-state index is 0.102. The molecule has 20 heavy (non-hydrogen) atoms. The molecule has 0 saturated heterocycles. The van der Waals surface area contributed by atoms with Crippen molar-refractivity contribution in [3.63, 3.8) is 0 Å². The van der Waals surface area contributed by atoms with Gasteiger partial charge in [0.25, 0.3) is 21.0 Å². The van der Waals surface area contributed by atoms with Crippen LogP contribution in [0, 0.1) is 0 Å². The molecule has 0 atom stereocenters. The zero-order valence-electron chi connectivity index (χ0n) is 9.78. The maximum atomic E-state index is 11.3. The molecule has 0 aromatic carbocycles. The average Bonchev–Trinajstić information content (AvgIpc) is 2.26. The molecule has 1 aromatic heterocycles. The largest absolute Gasteiger partial charge is 0.360 e. The summed E-state index contributed by atoms with van der Waals surface area (Å²) in [7, 11) is 0. The highest BCUT2D eigenvalue weighted by Crippen LogP contribution is 2.14. The third-order valence-electron chi connectivity index (χ3n) is 1.60. The summed E-state index contributed by atoms with van der Waals surface area (Å²) in [5, 5.41) is 1.45. The molecule has 1 heterocycles. The van der Waals surface area contributed by atoms with Crippen LogP contribution in [-0.2, 0) is 0 Å². The molecule has 0 radical (unpaired) electrons. The highest BCUT2D eigenvalue weighted by Gasteiger charge is 2.10. The van der Waals surface area contributed by atoms with Crippen LogP contribution in [0.25, 0.3) is 0 Å². The second-order valence-electron chi connectivity index (χ2n) is 3.08. The van der Waals surface area contributed by atoms with Crippen LogP contribution in [0.5, 0.6) is 0 Å². The first-order valence-electron chi connectivity index (χ1n) is 4.90. The lowest BCUT2D eigenvalue weighted by Crippen LogP contribution is -2.15. The van der Waals surface area contributed by atoms with Crippen LogP contribution < -0.4 is 22.1 Å². The number of nitrogens with two attached hydrogens (primary N) is 2. The summed E-state index contributed by atoms with van der Waals surface area (Å²) in [4.78, 5) is 47.4. The SMILES string of the molecule is NC(=O)SC(=O)Nc1cccc(NC(=O)SC(N)=O)n1. The first kappa shape index (κ1) is 15.8. The van der Waals surface area contributed by atoms with Crippen molar-refractivity contribution in [1.82, 2.24) is 4.98 Å². The maximum absolute atomic E-state index is 11.3. The summed E-state index contributed by atoms with van der Waals surface area (Å²) in [6.45, 7) is 0. The first-order valence-corrected chi connectivity index (χ1v) is 6.53. The van der Waals surface area contributed by atoms with E-state index in [2.05, 4.69) is 15.6 Å². The molecule has 6 N–H and O–H groups in total. The van der Waals surface area contributed by atoms with Crippen LogP contribution >= 0.6 is 23.5 Å². The van der Waals surface area contributed by atoms with Crippen molar-refractivity contribution in [3.8, 4) is 0 Å². The quantitative estimate of drug-likeness (QED) is 0.647. The number of amides is 4. The van der Waals surface area contributed by atoms with Gasteiger partial charge in [-0.1, -0.05) is 6.07 Å². The lowest BCUT2D eigenvalue weighted by molar-refractivity contribution is 0.264. The molecule has 1 aromatic rings. The van der Waals surface area contributed by atoms with E-state index in [0.29, 0.717) is 0 Å². The monoisotopic (exact) mass is 315 g/mol. The molecule has 11 heteroatoms. The van der Waals surface area contributed by atoms with Gasteiger partial charge in [-0.2, -0.15) is 0 Å². The molecule has 0 fully saturated rings. The zero-order valence-corrected chi connectivity index (χ0v) is 11.4. The van der Waals surface area contributed by atoms with E-state index in [0.717, 1.165) is 0 Å². The number of carbonyl (C=O) groups is 4. The third kappa shape index (κ3) is 6.06. The van der Waals surface area contributed by atoms with E-state index in [1.54, 1.807) is 0 Å². The highest BCUT2D eigenvalue weighted by atomic mass is 32.2. The fourth-order valence-electron chi connectivity index (χ4n) is 1.02. The zero-order chi connectivity index (χ0) is 15.1. The summed E-state index contributed by atoms with van der Waals surface area (Å²) in [5.41, 5.74) is 9.66. The fraction of sp³-hybridized carbons (Fsp3) is 0. The summed E-state index contributed by atoms with van der Waals surface area (Å²) in [6, 6.07) is 4.38. The standard InChI is InChI=1S/C9H9N5O4S2/c10-6(15)19-8(17)13-4-2-1-3-5(12-4)14-9(18)20-7(11)16/h1-3H,(H2,10,15)(H2,11,16)(H2,12,13,14,17,18). The van der Waals surface area contributed by atoms with Gasteiger partial charge in [-0.15, -0.1) is 0 Å². The lowest BCUT2D eigenvalue weighted by atomic mass is 10.4. The van der Waals surface area contributed by atoms with E-state index in [4.69, 9.17) is 11.5 Å². The molecule has 0 aliphatic rings. The number of thioether (sulfide) groups is 2. The van der Waals surface area contributed by atoms with Gasteiger partial charge in [0.15, 0.2) is 0 Å². The molecule has 4 amide bonds. The number of nitrogens with one attached hydrogen (secondary N) is 2. The van der Waals surface area contributed by atoms with Gasteiger partial charge in [0, 0.05) is 23.5 Å². The molecule has 1 rings (SSSR count). The van der Waals surface area contributed by atoms with Gasteiger partial charge >= 0.3 is 0 Å². The van der Waals surface area contributed by atoms with Gasteiger partial charge in [-0.05, 0) is 12.1 Å². The van der Waals surface area contributed by atoms with Crippen molar-refractivity contribution in [2.24, 2.45) is 11.5 Å².